The van der Waals surface area contributed by atoms with E-state index in [1.807, 2.05) is 55.5 Å². The lowest BCUT2D eigenvalue weighted by Gasteiger charge is -2.13. The van der Waals surface area contributed by atoms with E-state index in [1.54, 1.807) is 42.5 Å². The molecule has 0 radical (unpaired) electrons. The van der Waals surface area contributed by atoms with Crippen molar-refractivity contribution in [3.05, 3.63) is 108 Å². The standard InChI is InChI=1S/C27H20N2O4/c1-17-11-13-25-22(15-17)29-27(31)21-16-18(12-14-24(21)33-25)28-26(30)20-9-5-6-10-23(20)32-19-7-3-2-4-8-19/h2-16H,1H3,(H,28,30)(H,29,31). The van der Waals surface area contributed by atoms with Gasteiger partial charge in [-0.3, -0.25) is 9.59 Å². The van der Waals surface area contributed by atoms with Gasteiger partial charge in [-0.15, -0.1) is 0 Å². The molecule has 6 nitrogen and oxygen atoms in total. The van der Waals surface area contributed by atoms with Gasteiger partial charge in [0.2, 0.25) is 0 Å². The highest BCUT2D eigenvalue weighted by atomic mass is 16.5. The number of carbonyl (C=O) groups excluding carboxylic acids is 2. The van der Waals surface area contributed by atoms with Crippen molar-refractivity contribution in [2.24, 2.45) is 0 Å². The van der Waals surface area contributed by atoms with Gasteiger partial charge in [0.05, 0.1) is 16.8 Å². The van der Waals surface area contributed by atoms with Crippen LogP contribution >= 0.6 is 0 Å². The monoisotopic (exact) mass is 436 g/mol. The summed E-state index contributed by atoms with van der Waals surface area (Å²) in [7, 11) is 0. The molecule has 0 bridgehead atoms. The zero-order valence-electron chi connectivity index (χ0n) is 17.8. The number of para-hydroxylation sites is 2. The molecule has 0 unspecified atom stereocenters. The van der Waals surface area contributed by atoms with Crippen molar-refractivity contribution < 1.29 is 19.1 Å². The van der Waals surface area contributed by atoms with E-state index in [1.165, 1.54) is 0 Å². The first-order valence-electron chi connectivity index (χ1n) is 10.4. The highest BCUT2D eigenvalue weighted by Crippen LogP contribution is 2.37. The van der Waals surface area contributed by atoms with Crippen molar-refractivity contribution >= 4 is 23.2 Å². The maximum Gasteiger partial charge on any atom is 0.259 e. The number of hydrogen-bond acceptors (Lipinski definition) is 4. The Hall–Kier alpha value is -4.58. The fraction of sp³-hybridized carbons (Fsp3) is 0.0370. The number of hydrogen-bond donors (Lipinski definition) is 2. The van der Waals surface area contributed by atoms with Crippen LogP contribution in [0.25, 0.3) is 0 Å². The predicted octanol–water partition coefficient (Wildman–Crippen LogP) is 6.40. The third-order valence-corrected chi connectivity index (χ3v) is 5.19. The van der Waals surface area contributed by atoms with Crippen molar-refractivity contribution in [2.75, 3.05) is 10.6 Å². The van der Waals surface area contributed by atoms with Gasteiger partial charge in [-0.1, -0.05) is 36.4 Å². The van der Waals surface area contributed by atoms with Crippen LogP contribution in [0.15, 0.2) is 91.0 Å². The van der Waals surface area contributed by atoms with Gasteiger partial charge in [0.25, 0.3) is 11.8 Å². The summed E-state index contributed by atoms with van der Waals surface area (Å²) in [5, 5.41) is 5.72. The van der Waals surface area contributed by atoms with Crippen LogP contribution in [0.5, 0.6) is 23.0 Å². The van der Waals surface area contributed by atoms with Crippen LogP contribution in [0, 0.1) is 6.92 Å². The van der Waals surface area contributed by atoms with Gasteiger partial charge in [0.1, 0.15) is 17.2 Å². The Bertz CT molecular complexity index is 1370. The van der Waals surface area contributed by atoms with Crippen LogP contribution < -0.4 is 20.1 Å². The first kappa shape index (κ1) is 20.3. The topological polar surface area (TPSA) is 76.7 Å². The molecule has 33 heavy (non-hydrogen) atoms. The summed E-state index contributed by atoms with van der Waals surface area (Å²) >= 11 is 0. The molecule has 0 atom stereocenters. The second kappa shape index (κ2) is 8.51. The Kier molecular flexibility index (Phi) is 5.24. The van der Waals surface area contributed by atoms with E-state index in [9.17, 15) is 9.59 Å². The fourth-order valence-corrected chi connectivity index (χ4v) is 3.57. The van der Waals surface area contributed by atoms with E-state index in [0.717, 1.165) is 5.56 Å². The van der Waals surface area contributed by atoms with Gasteiger partial charge in [0, 0.05) is 5.69 Å². The molecule has 0 spiro atoms. The van der Waals surface area contributed by atoms with Gasteiger partial charge >= 0.3 is 0 Å². The summed E-state index contributed by atoms with van der Waals surface area (Å²) in [5.74, 6) is 1.39. The number of rotatable bonds is 4. The van der Waals surface area contributed by atoms with Crippen LogP contribution in [0.3, 0.4) is 0 Å². The second-order valence-electron chi connectivity index (χ2n) is 7.63. The Morgan fingerprint density at radius 2 is 1.64 bits per heavy atom. The molecule has 4 aromatic rings. The number of benzene rings is 4. The van der Waals surface area contributed by atoms with E-state index >= 15 is 0 Å². The minimum atomic E-state index is -0.352. The van der Waals surface area contributed by atoms with Crippen molar-refractivity contribution in [3.63, 3.8) is 0 Å². The molecule has 162 valence electrons. The van der Waals surface area contributed by atoms with Crippen molar-refractivity contribution in [1.29, 1.82) is 0 Å². The summed E-state index contributed by atoms with van der Waals surface area (Å²) < 4.78 is 11.8. The van der Waals surface area contributed by atoms with Crippen molar-refractivity contribution in [3.8, 4) is 23.0 Å². The Balaban J connectivity index is 1.40. The normalized spacial score (nSPS) is 11.8. The SMILES string of the molecule is Cc1ccc2c(c1)NC(=O)c1cc(NC(=O)c3ccccc3Oc3ccccc3)ccc1O2. The molecule has 0 fully saturated rings. The van der Waals surface area contributed by atoms with E-state index in [0.29, 0.717) is 45.5 Å². The largest absolute Gasteiger partial charge is 0.457 e. The quantitative estimate of drug-likeness (QED) is 0.388. The van der Waals surface area contributed by atoms with Crippen molar-refractivity contribution in [1.82, 2.24) is 0 Å². The second-order valence-corrected chi connectivity index (χ2v) is 7.63. The summed E-state index contributed by atoms with van der Waals surface area (Å²) in [6.07, 6.45) is 0. The van der Waals surface area contributed by atoms with Crippen LogP contribution in [-0.2, 0) is 0 Å². The number of nitrogens with one attached hydrogen (secondary N) is 2. The number of amides is 2. The summed E-state index contributed by atoms with van der Waals surface area (Å²) in [4.78, 5) is 25.9. The summed E-state index contributed by atoms with van der Waals surface area (Å²) in [6, 6.07) is 26.8. The van der Waals surface area contributed by atoms with Crippen LogP contribution in [0.2, 0.25) is 0 Å². The molecule has 4 aromatic carbocycles. The van der Waals surface area contributed by atoms with Gasteiger partial charge in [-0.2, -0.15) is 0 Å². The summed E-state index contributed by atoms with van der Waals surface area (Å²) in [6.45, 7) is 1.94. The molecule has 2 amide bonds. The van der Waals surface area contributed by atoms with E-state index in [2.05, 4.69) is 10.6 Å². The third-order valence-electron chi connectivity index (χ3n) is 5.19. The van der Waals surface area contributed by atoms with E-state index in [4.69, 9.17) is 9.47 Å². The smallest absolute Gasteiger partial charge is 0.259 e. The van der Waals surface area contributed by atoms with Crippen molar-refractivity contribution in [2.45, 2.75) is 6.92 Å². The molecule has 0 aromatic heterocycles. The van der Waals surface area contributed by atoms with Crippen LogP contribution in [0.4, 0.5) is 11.4 Å². The Morgan fingerprint density at radius 3 is 2.48 bits per heavy atom. The lowest BCUT2D eigenvalue weighted by molar-refractivity contribution is 0.101. The number of carbonyl (C=O) groups is 2. The van der Waals surface area contributed by atoms with Crippen LogP contribution in [-0.4, -0.2) is 11.8 Å². The first-order valence-corrected chi connectivity index (χ1v) is 10.4. The Labute approximate surface area is 190 Å². The van der Waals surface area contributed by atoms with Crippen LogP contribution in [0.1, 0.15) is 26.3 Å². The summed E-state index contributed by atoms with van der Waals surface area (Å²) in [5.41, 5.74) is 2.78. The van der Waals surface area contributed by atoms with E-state index in [-0.39, 0.29) is 11.8 Å². The molecular formula is C27H20N2O4. The maximum absolute atomic E-state index is 13.0. The highest BCUT2D eigenvalue weighted by Gasteiger charge is 2.22. The minimum Gasteiger partial charge on any atom is -0.457 e. The lowest BCUT2D eigenvalue weighted by atomic mass is 10.1. The molecule has 2 N–H and O–H groups in total. The highest BCUT2D eigenvalue weighted by molar-refractivity contribution is 6.10. The number of anilines is 2. The molecule has 0 aliphatic carbocycles. The zero-order valence-corrected chi connectivity index (χ0v) is 17.8. The molecule has 0 saturated carbocycles. The maximum atomic E-state index is 13.0. The van der Waals surface area contributed by atoms with E-state index < -0.39 is 0 Å². The number of fused-ring (bicyclic) bond motifs is 2. The van der Waals surface area contributed by atoms with Gasteiger partial charge in [-0.05, 0) is 67.1 Å². The molecule has 1 aliphatic rings. The number of ether oxygens (including phenoxy) is 2. The van der Waals surface area contributed by atoms with Gasteiger partial charge < -0.3 is 20.1 Å². The van der Waals surface area contributed by atoms with Gasteiger partial charge in [0.15, 0.2) is 5.75 Å². The predicted molar refractivity (Wildman–Crippen MR) is 127 cm³/mol. The fourth-order valence-electron chi connectivity index (χ4n) is 3.57. The lowest BCUT2D eigenvalue weighted by Crippen LogP contribution is -2.15. The Morgan fingerprint density at radius 1 is 0.879 bits per heavy atom. The molecule has 5 rings (SSSR count). The molecule has 0 saturated heterocycles. The zero-order chi connectivity index (χ0) is 22.8. The minimum absolute atomic E-state index is 0.307. The van der Waals surface area contributed by atoms with Gasteiger partial charge in [-0.25, -0.2) is 0 Å². The average Bonchev–Trinajstić information content (AvgIpc) is 2.95. The first-order chi connectivity index (χ1) is 16.1. The number of aryl methyl sites for hydroxylation is 1. The molecule has 1 heterocycles. The average molecular weight is 436 g/mol. The third kappa shape index (κ3) is 4.27. The molecule has 1 aliphatic heterocycles. The molecule has 6 heteroatoms. The molecular weight excluding hydrogens is 416 g/mol.